The van der Waals surface area contributed by atoms with E-state index < -0.39 is 10.8 Å². The minimum Gasteiger partial charge on any atom is -0.289 e. The van der Waals surface area contributed by atoms with Gasteiger partial charge in [-0.05, 0) is 37.8 Å². The van der Waals surface area contributed by atoms with Crippen LogP contribution in [0.25, 0.3) is 4.91 Å². The van der Waals surface area contributed by atoms with Crippen molar-refractivity contribution in [1.82, 2.24) is 10.2 Å². The van der Waals surface area contributed by atoms with Gasteiger partial charge >= 0.3 is 0 Å². The summed E-state index contributed by atoms with van der Waals surface area (Å²) in [6.45, 7) is 2.11. The Balaban J connectivity index is 1.75. The minimum atomic E-state index is -1.10. The monoisotopic (exact) mass is 333 g/mol. The molecule has 0 radical (unpaired) electrons. The smallest absolute Gasteiger partial charge is 0.0946 e. The van der Waals surface area contributed by atoms with Gasteiger partial charge in [0, 0.05) is 23.2 Å². The van der Waals surface area contributed by atoms with Crippen LogP contribution in [-0.4, -0.2) is 31.9 Å². The van der Waals surface area contributed by atoms with Gasteiger partial charge in [-0.1, -0.05) is 12.8 Å². The Morgan fingerprint density at radius 2 is 2.18 bits per heavy atom. The molecule has 2 aliphatic heterocycles. The van der Waals surface area contributed by atoms with Crippen LogP contribution in [0.2, 0.25) is 0 Å². The fourth-order valence-electron chi connectivity index (χ4n) is 3.34. The summed E-state index contributed by atoms with van der Waals surface area (Å²) in [5.74, 6) is 0. The van der Waals surface area contributed by atoms with Gasteiger partial charge in [0.25, 0.3) is 0 Å². The van der Waals surface area contributed by atoms with Gasteiger partial charge in [-0.2, -0.15) is 5.10 Å². The molecule has 2 unspecified atom stereocenters. The van der Waals surface area contributed by atoms with E-state index in [-0.39, 0.29) is 6.04 Å². The molecule has 22 heavy (non-hydrogen) atoms. The summed E-state index contributed by atoms with van der Waals surface area (Å²) in [5.41, 5.74) is 3.19. The second kappa shape index (κ2) is 5.81. The Labute approximate surface area is 137 Å². The van der Waals surface area contributed by atoms with Gasteiger partial charge in [0.1, 0.15) is 0 Å². The predicted molar refractivity (Wildman–Crippen MR) is 93.1 cm³/mol. The second-order valence-corrected chi connectivity index (χ2v) is 9.03. The molecule has 1 aliphatic carbocycles. The number of allylic oxidation sites excluding steroid dienone is 1. The van der Waals surface area contributed by atoms with E-state index in [9.17, 15) is 4.21 Å². The van der Waals surface area contributed by atoms with Crippen molar-refractivity contribution in [3.8, 4) is 0 Å². The number of aromatic amines is 1. The van der Waals surface area contributed by atoms with Gasteiger partial charge in [0.2, 0.25) is 0 Å². The molecule has 0 aromatic carbocycles. The first kappa shape index (κ1) is 14.5. The highest BCUT2D eigenvalue weighted by Crippen LogP contribution is 2.48. The third kappa shape index (κ3) is 2.42. The van der Waals surface area contributed by atoms with E-state index in [0.717, 1.165) is 26.8 Å². The molecule has 2 atom stereocenters. The Morgan fingerprint density at radius 1 is 1.36 bits per heavy atom. The van der Waals surface area contributed by atoms with Gasteiger partial charge < -0.3 is 0 Å². The number of rotatable bonds is 3. The first-order valence-electron chi connectivity index (χ1n) is 7.83. The quantitative estimate of drug-likeness (QED) is 0.919. The molecule has 1 N–H and O–H groups in total. The maximum absolute atomic E-state index is 13.1. The SMILES string of the molecule is CC1CC2=C(c3ccn[nH]3)S(=O)C(SC3CCCC3)=C2C=N1. The molecule has 3 aliphatic rings. The van der Waals surface area contributed by atoms with E-state index in [0.29, 0.717) is 5.25 Å². The second-order valence-electron chi connectivity index (χ2n) is 6.10. The van der Waals surface area contributed by atoms with Crippen LogP contribution >= 0.6 is 11.8 Å². The molecule has 4 nitrogen and oxygen atoms in total. The molecule has 0 bridgehead atoms. The van der Waals surface area contributed by atoms with Crippen LogP contribution in [0, 0.1) is 0 Å². The van der Waals surface area contributed by atoms with Crippen LogP contribution in [0.1, 0.15) is 44.7 Å². The molecule has 0 amide bonds. The molecule has 116 valence electrons. The topological polar surface area (TPSA) is 58.1 Å². The Kier molecular flexibility index (Phi) is 3.82. The highest BCUT2D eigenvalue weighted by molar-refractivity contribution is 8.20. The maximum atomic E-state index is 13.1. The predicted octanol–water partition coefficient (Wildman–Crippen LogP) is 3.63. The van der Waals surface area contributed by atoms with Crippen LogP contribution in [0.4, 0.5) is 0 Å². The molecule has 1 aromatic heterocycles. The van der Waals surface area contributed by atoms with Gasteiger partial charge in [-0.25, -0.2) is 4.21 Å². The normalized spacial score (nSPS) is 28.8. The number of aliphatic imine (C=N–C) groups is 1. The number of hydrogen-bond donors (Lipinski definition) is 1. The molecule has 1 aromatic rings. The maximum Gasteiger partial charge on any atom is 0.0946 e. The average molecular weight is 333 g/mol. The van der Waals surface area contributed by atoms with Crippen molar-refractivity contribution in [1.29, 1.82) is 0 Å². The van der Waals surface area contributed by atoms with Crippen molar-refractivity contribution >= 4 is 33.7 Å². The number of H-pyrrole nitrogens is 1. The van der Waals surface area contributed by atoms with E-state index >= 15 is 0 Å². The lowest BCUT2D eigenvalue weighted by Crippen LogP contribution is -2.10. The Hall–Kier alpha value is -1.14. The first-order valence-corrected chi connectivity index (χ1v) is 9.86. The molecule has 1 fully saturated rings. The Morgan fingerprint density at radius 3 is 2.91 bits per heavy atom. The number of hydrogen-bond acceptors (Lipinski definition) is 4. The molecule has 1 saturated carbocycles. The van der Waals surface area contributed by atoms with Crippen molar-refractivity contribution in [3.05, 3.63) is 33.3 Å². The summed E-state index contributed by atoms with van der Waals surface area (Å²) >= 11 is 1.82. The van der Waals surface area contributed by atoms with Gasteiger partial charge in [-0.15, -0.1) is 11.8 Å². The number of nitrogens with one attached hydrogen (secondary N) is 1. The summed E-state index contributed by atoms with van der Waals surface area (Å²) in [6, 6.07) is 2.17. The van der Waals surface area contributed by atoms with Gasteiger partial charge in [-0.3, -0.25) is 10.1 Å². The number of nitrogens with zero attached hydrogens (tertiary/aromatic N) is 2. The first-order chi connectivity index (χ1) is 10.7. The lowest BCUT2D eigenvalue weighted by molar-refractivity contribution is 0.693. The third-order valence-corrected chi connectivity index (χ3v) is 7.83. The summed E-state index contributed by atoms with van der Waals surface area (Å²) in [7, 11) is -1.10. The zero-order chi connectivity index (χ0) is 15.1. The number of aromatic nitrogens is 2. The highest BCUT2D eigenvalue weighted by atomic mass is 32.2. The number of fused-ring (bicyclic) bond motifs is 1. The molecule has 4 rings (SSSR count). The van der Waals surface area contributed by atoms with Crippen molar-refractivity contribution < 1.29 is 4.21 Å². The summed E-state index contributed by atoms with van der Waals surface area (Å²) in [4.78, 5) is 5.48. The van der Waals surface area contributed by atoms with Crippen LogP contribution in [0.15, 0.2) is 32.6 Å². The van der Waals surface area contributed by atoms with Gasteiger partial charge in [0.05, 0.1) is 31.7 Å². The van der Waals surface area contributed by atoms with E-state index in [2.05, 4.69) is 22.1 Å². The summed E-state index contributed by atoms with van der Waals surface area (Å²) in [5, 5.41) is 7.64. The number of thioether (sulfide) groups is 1. The van der Waals surface area contributed by atoms with Crippen molar-refractivity contribution in [2.45, 2.75) is 50.3 Å². The standard InChI is InChI=1S/C16H19N3OS2/c1-10-8-12-13(9-17-10)16(21-11-4-2-3-5-11)22(20)15(12)14-6-7-18-19-14/h6-7,9-11H,2-5,8H2,1H3,(H,18,19). The lowest BCUT2D eigenvalue weighted by atomic mass is 9.97. The van der Waals surface area contributed by atoms with Crippen LogP contribution in [-0.2, 0) is 10.8 Å². The van der Waals surface area contributed by atoms with Crippen molar-refractivity contribution in [2.24, 2.45) is 4.99 Å². The van der Waals surface area contributed by atoms with E-state index in [4.69, 9.17) is 0 Å². The molecule has 0 spiro atoms. The fraction of sp³-hybridized carbons (Fsp3) is 0.500. The summed E-state index contributed by atoms with van der Waals surface area (Å²) < 4.78 is 14.1. The van der Waals surface area contributed by atoms with Crippen molar-refractivity contribution in [3.63, 3.8) is 0 Å². The minimum absolute atomic E-state index is 0.254. The van der Waals surface area contributed by atoms with Crippen molar-refractivity contribution in [2.75, 3.05) is 0 Å². The third-order valence-electron chi connectivity index (χ3n) is 4.45. The lowest BCUT2D eigenvalue weighted by Gasteiger charge is -2.16. The average Bonchev–Trinajstić information content (AvgIpc) is 3.22. The van der Waals surface area contributed by atoms with Crippen LogP contribution in [0.3, 0.4) is 0 Å². The molecule has 0 saturated heterocycles. The Bertz CT molecular complexity index is 697. The van der Waals surface area contributed by atoms with Crippen LogP contribution in [0.5, 0.6) is 0 Å². The summed E-state index contributed by atoms with van der Waals surface area (Å²) in [6.07, 6.45) is 9.60. The molecular weight excluding hydrogens is 314 g/mol. The zero-order valence-electron chi connectivity index (χ0n) is 12.5. The van der Waals surface area contributed by atoms with Gasteiger partial charge in [0.15, 0.2) is 0 Å². The molecule has 6 heteroatoms. The van der Waals surface area contributed by atoms with Crippen LogP contribution < -0.4 is 0 Å². The zero-order valence-corrected chi connectivity index (χ0v) is 14.2. The molecular formula is C16H19N3OS2. The van der Waals surface area contributed by atoms with E-state index in [1.807, 2.05) is 24.0 Å². The molecule has 3 heterocycles. The highest BCUT2D eigenvalue weighted by Gasteiger charge is 2.36. The van der Waals surface area contributed by atoms with E-state index in [1.54, 1.807) is 6.20 Å². The van der Waals surface area contributed by atoms with E-state index in [1.165, 1.54) is 31.3 Å². The fourth-order valence-corrected chi connectivity index (χ4v) is 6.82. The largest absolute Gasteiger partial charge is 0.289 e.